The Kier molecular flexibility index (Phi) is 6.19. The molecule has 1 aliphatic rings. The van der Waals surface area contributed by atoms with Crippen molar-refractivity contribution in [3.8, 4) is 0 Å². The van der Waals surface area contributed by atoms with Crippen molar-refractivity contribution in [3.05, 3.63) is 58.0 Å². The summed E-state index contributed by atoms with van der Waals surface area (Å²) in [4.78, 5) is 2.26. The lowest BCUT2D eigenvalue weighted by atomic mass is 10.3. The zero-order chi connectivity index (χ0) is 18.7. The number of rotatable bonds is 3. The molecule has 0 saturated carbocycles. The van der Waals surface area contributed by atoms with Crippen molar-refractivity contribution < 1.29 is 8.42 Å². The second-order valence-electron chi connectivity index (χ2n) is 5.79. The second kappa shape index (κ2) is 8.22. The van der Waals surface area contributed by atoms with Gasteiger partial charge in [0.2, 0.25) is 10.0 Å². The van der Waals surface area contributed by atoms with Crippen LogP contribution < -0.4 is 5.32 Å². The average molecular weight is 475 g/mol. The number of halogens is 2. The third kappa shape index (κ3) is 4.55. The number of thiocarbonyl (C=S) groups is 1. The van der Waals surface area contributed by atoms with Crippen LogP contribution in [0.3, 0.4) is 0 Å². The molecule has 1 fully saturated rings. The van der Waals surface area contributed by atoms with E-state index in [0.717, 1.165) is 10.2 Å². The van der Waals surface area contributed by atoms with Gasteiger partial charge >= 0.3 is 0 Å². The van der Waals surface area contributed by atoms with Gasteiger partial charge in [0.1, 0.15) is 0 Å². The highest BCUT2D eigenvalue weighted by Gasteiger charge is 2.29. The minimum Gasteiger partial charge on any atom is -0.346 e. The predicted molar refractivity (Wildman–Crippen MR) is 112 cm³/mol. The van der Waals surface area contributed by atoms with E-state index in [1.54, 1.807) is 36.4 Å². The predicted octanol–water partition coefficient (Wildman–Crippen LogP) is 3.81. The molecule has 0 bridgehead atoms. The van der Waals surface area contributed by atoms with Gasteiger partial charge in [-0.25, -0.2) is 8.42 Å². The van der Waals surface area contributed by atoms with Gasteiger partial charge in [0.15, 0.2) is 5.11 Å². The third-order valence-electron chi connectivity index (χ3n) is 4.06. The summed E-state index contributed by atoms with van der Waals surface area (Å²) in [5, 5.41) is 4.39. The van der Waals surface area contributed by atoms with Gasteiger partial charge in [-0.15, -0.1) is 0 Å². The van der Waals surface area contributed by atoms with E-state index in [2.05, 4.69) is 21.2 Å². The number of benzene rings is 2. The topological polar surface area (TPSA) is 52.7 Å². The Morgan fingerprint density at radius 2 is 1.73 bits per heavy atom. The summed E-state index contributed by atoms with van der Waals surface area (Å²) >= 11 is 14.6. The molecule has 2 aromatic carbocycles. The van der Waals surface area contributed by atoms with Crippen LogP contribution in [-0.2, 0) is 10.0 Å². The summed E-state index contributed by atoms with van der Waals surface area (Å²) in [7, 11) is -3.50. The zero-order valence-corrected chi connectivity index (χ0v) is 17.7. The lowest BCUT2D eigenvalue weighted by molar-refractivity contribution is 0.268. The molecule has 0 amide bonds. The van der Waals surface area contributed by atoms with Crippen LogP contribution in [0.4, 0.5) is 5.69 Å². The molecule has 9 heteroatoms. The maximum atomic E-state index is 12.8. The Morgan fingerprint density at radius 3 is 2.35 bits per heavy atom. The number of nitrogens with one attached hydrogen (secondary N) is 1. The first-order valence-electron chi connectivity index (χ1n) is 7.93. The molecular weight excluding hydrogens is 458 g/mol. The molecule has 26 heavy (non-hydrogen) atoms. The van der Waals surface area contributed by atoms with Crippen LogP contribution in [0.15, 0.2) is 57.9 Å². The molecule has 0 aromatic heterocycles. The number of anilines is 1. The Labute approximate surface area is 172 Å². The van der Waals surface area contributed by atoms with E-state index < -0.39 is 10.0 Å². The molecule has 1 saturated heterocycles. The van der Waals surface area contributed by atoms with E-state index in [1.807, 2.05) is 17.0 Å². The highest BCUT2D eigenvalue weighted by atomic mass is 79.9. The Balaban J connectivity index is 1.61. The molecule has 5 nitrogen and oxygen atoms in total. The number of sulfonamides is 1. The Hall–Kier alpha value is -1.19. The second-order valence-corrected chi connectivity index (χ2v) is 9.46. The van der Waals surface area contributed by atoms with Gasteiger partial charge in [-0.3, -0.25) is 0 Å². The van der Waals surface area contributed by atoms with Gasteiger partial charge in [-0.2, -0.15) is 4.31 Å². The molecule has 1 aliphatic heterocycles. The Bertz CT molecular complexity index is 898. The quantitative estimate of drug-likeness (QED) is 0.686. The maximum absolute atomic E-state index is 12.8. The molecule has 1 heterocycles. The van der Waals surface area contributed by atoms with Crippen LogP contribution in [0.2, 0.25) is 5.02 Å². The molecule has 2 aromatic rings. The van der Waals surface area contributed by atoms with Crippen molar-refractivity contribution >= 4 is 60.6 Å². The summed E-state index contributed by atoms with van der Waals surface area (Å²) in [6.45, 7) is 1.84. The number of hydrogen-bond donors (Lipinski definition) is 1. The molecule has 0 unspecified atom stereocenters. The summed E-state index contributed by atoms with van der Waals surface area (Å²) in [5.74, 6) is 0. The normalized spacial score (nSPS) is 15.7. The van der Waals surface area contributed by atoms with Crippen LogP contribution in [0, 0.1) is 0 Å². The smallest absolute Gasteiger partial charge is 0.243 e. The average Bonchev–Trinajstić information content (AvgIpc) is 2.64. The van der Waals surface area contributed by atoms with Crippen LogP contribution in [0.1, 0.15) is 0 Å². The van der Waals surface area contributed by atoms with E-state index in [0.29, 0.717) is 41.2 Å². The van der Waals surface area contributed by atoms with E-state index in [4.69, 9.17) is 23.8 Å². The van der Waals surface area contributed by atoms with E-state index in [9.17, 15) is 8.42 Å². The molecule has 1 N–H and O–H groups in total. The number of nitrogens with zero attached hydrogens (tertiary/aromatic N) is 2. The summed E-state index contributed by atoms with van der Waals surface area (Å²) in [5.41, 5.74) is 0.851. The molecule has 0 spiro atoms. The highest BCUT2D eigenvalue weighted by Crippen LogP contribution is 2.21. The summed E-state index contributed by atoms with van der Waals surface area (Å²) in [6, 6.07) is 14.0. The van der Waals surface area contributed by atoms with Gasteiger partial charge in [0, 0.05) is 41.4 Å². The van der Waals surface area contributed by atoms with Gasteiger partial charge < -0.3 is 10.2 Å². The molecule has 3 rings (SSSR count). The van der Waals surface area contributed by atoms with Crippen molar-refractivity contribution in [2.45, 2.75) is 4.90 Å². The first-order chi connectivity index (χ1) is 12.4. The fraction of sp³-hybridized carbons (Fsp3) is 0.235. The van der Waals surface area contributed by atoms with Gasteiger partial charge in [-0.05, 0) is 54.7 Å². The van der Waals surface area contributed by atoms with Crippen LogP contribution in [0.25, 0.3) is 0 Å². The van der Waals surface area contributed by atoms with Crippen LogP contribution in [0.5, 0.6) is 0 Å². The van der Waals surface area contributed by atoms with Crippen molar-refractivity contribution in [2.24, 2.45) is 0 Å². The summed E-state index contributed by atoms with van der Waals surface area (Å²) in [6.07, 6.45) is 0. The fourth-order valence-corrected chi connectivity index (χ4v) is 5.09. The largest absolute Gasteiger partial charge is 0.346 e. The number of piperazine rings is 1. The molecule has 0 atom stereocenters. The zero-order valence-electron chi connectivity index (χ0n) is 13.7. The van der Waals surface area contributed by atoms with Crippen LogP contribution >= 0.6 is 39.7 Å². The molecule has 0 aliphatic carbocycles. The van der Waals surface area contributed by atoms with E-state index in [-0.39, 0.29) is 0 Å². The number of hydrogen-bond acceptors (Lipinski definition) is 3. The van der Waals surface area contributed by atoms with Crippen molar-refractivity contribution in [2.75, 3.05) is 31.5 Å². The third-order valence-corrected chi connectivity index (χ3v) is 7.06. The van der Waals surface area contributed by atoms with Gasteiger partial charge in [0.05, 0.1) is 4.90 Å². The van der Waals surface area contributed by atoms with Crippen molar-refractivity contribution in [1.82, 2.24) is 9.21 Å². The molecular formula is C17H17BrClN3O2S2. The minimum atomic E-state index is -3.50. The maximum Gasteiger partial charge on any atom is 0.243 e. The lowest BCUT2D eigenvalue weighted by Crippen LogP contribution is -2.51. The first-order valence-corrected chi connectivity index (χ1v) is 11.0. The highest BCUT2D eigenvalue weighted by molar-refractivity contribution is 9.10. The molecule has 138 valence electrons. The van der Waals surface area contributed by atoms with Crippen molar-refractivity contribution in [1.29, 1.82) is 0 Å². The SMILES string of the molecule is O=S(=O)(c1cccc(Br)c1)N1CCN(C(=S)Nc2ccc(Cl)cc2)CC1. The van der Waals surface area contributed by atoms with E-state index in [1.165, 1.54) is 4.31 Å². The summed E-state index contributed by atoms with van der Waals surface area (Å²) < 4.78 is 27.8. The minimum absolute atomic E-state index is 0.294. The van der Waals surface area contributed by atoms with Gasteiger partial charge in [0.25, 0.3) is 0 Å². The molecule has 0 radical (unpaired) electrons. The lowest BCUT2D eigenvalue weighted by Gasteiger charge is -2.35. The fourth-order valence-electron chi connectivity index (χ4n) is 2.64. The van der Waals surface area contributed by atoms with E-state index >= 15 is 0 Å². The first kappa shape index (κ1) is 19.6. The Morgan fingerprint density at radius 1 is 1.08 bits per heavy atom. The van der Waals surface area contributed by atoms with Crippen LogP contribution in [-0.4, -0.2) is 48.9 Å². The van der Waals surface area contributed by atoms with Crippen molar-refractivity contribution in [3.63, 3.8) is 0 Å². The van der Waals surface area contributed by atoms with Gasteiger partial charge in [-0.1, -0.05) is 33.6 Å². The monoisotopic (exact) mass is 473 g/mol. The standard InChI is InChI=1S/C17H17BrClN3O2S2/c18-13-2-1-3-16(12-13)26(23,24)22-10-8-21(9-11-22)17(25)20-15-6-4-14(19)5-7-15/h1-7,12H,8-11H2,(H,20,25).